The molecule has 2 aromatic carbocycles. The van der Waals surface area contributed by atoms with Crippen molar-refractivity contribution in [2.45, 2.75) is 20.8 Å². The summed E-state index contributed by atoms with van der Waals surface area (Å²) >= 11 is 0. The Kier molecular flexibility index (Phi) is 5.36. The van der Waals surface area contributed by atoms with Crippen molar-refractivity contribution in [3.05, 3.63) is 97.6 Å². The first kappa shape index (κ1) is 21.0. The minimum atomic E-state index is -0.392. The van der Waals surface area contributed by atoms with Crippen LogP contribution in [-0.2, 0) is 7.05 Å². The van der Waals surface area contributed by atoms with Gasteiger partial charge in [-0.1, -0.05) is 18.2 Å². The molecule has 0 N–H and O–H groups in total. The summed E-state index contributed by atoms with van der Waals surface area (Å²) in [6.45, 7) is 5.34. The van der Waals surface area contributed by atoms with E-state index in [1.807, 2.05) is 44.3 Å². The Hall–Kier alpha value is -4.20. The maximum atomic E-state index is 13.0. The van der Waals surface area contributed by atoms with Crippen LogP contribution in [0.15, 0.2) is 68.8 Å². The van der Waals surface area contributed by atoms with Gasteiger partial charge in [0.05, 0.1) is 22.5 Å². The number of nitro groups is 1. The zero-order valence-electron chi connectivity index (χ0n) is 18.2. The van der Waals surface area contributed by atoms with Gasteiger partial charge in [-0.2, -0.15) is 0 Å². The topological polar surface area (TPSA) is 95.6 Å². The molecule has 0 saturated heterocycles. The number of nitro benzene ring substituents is 1. The van der Waals surface area contributed by atoms with Crippen molar-refractivity contribution in [3.63, 3.8) is 0 Å². The van der Waals surface area contributed by atoms with Gasteiger partial charge in [0, 0.05) is 24.2 Å². The molecule has 0 aliphatic carbocycles. The van der Waals surface area contributed by atoms with Crippen LogP contribution in [0, 0.1) is 30.9 Å². The lowest BCUT2D eigenvalue weighted by atomic mass is 10.0. The first-order chi connectivity index (χ1) is 15.3. The van der Waals surface area contributed by atoms with E-state index in [1.165, 1.54) is 6.21 Å². The van der Waals surface area contributed by atoms with Gasteiger partial charge in [0.2, 0.25) is 0 Å². The molecule has 0 unspecified atom stereocenters. The highest BCUT2D eigenvalue weighted by atomic mass is 16.6. The van der Waals surface area contributed by atoms with Gasteiger partial charge in [0.25, 0.3) is 11.2 Å². The highest BCUT2D eigenvalue weighted by Gasteiger charge is 2.17. The number of hydrogen-bond acceptors (Lipinski definition) is 5. The van der Waals surface area contributed by atoms with Crippen LogP contribution in [0.1, 0.15) is 22.6 Å². The van der Waals surface area contributed by atoms with E-state index in [2.05, 4.69) is 4.99 Å². The highest BCUT2D eigenvalue weighted by Crippen LogP contribution is 2.31. The van der Waals surface area contributed by atoms with E-state index in [-0.39, 0.29) is 11.2 Å². The van der Waals surface area contributed by atoms with Crippen molar-refractivity contribution in [2.75, 3.05) is 0 Å². The van der Waals surface area contributed by atoms with Crippen molar-refractivity contribution >= 4 is 17.6 Å². The molecule has 2 aromatic heterocycles. The molecule has 4 rings (SSSR count). The van der Waals surface area contributed by atoms with Gasteiger partial charge < -0.3 is 4.42 Å². The standard InChI is InChI=1S/C24H22N4O4/c1-15-13-21(28(30)31)16(2)12-20(15)22-11-10-19(32-22)14-25-23-17(3)26(4)27(24(23)29)18-8-6-5-7-9-18/h5-14H,1-4H3. The summed E-state index contributed by atoms with van der Waals surface area (Å²) in [5, 5.41) is 11.2. The Morgan fingerprint density at radius 2 is 1.75 bits per heavy atom. The van der Waals surface area contributed by atoms with Gasteiger partial charge in [-0.3, -0.25) is 19.6 Å². The van der Waals surface area contributed by atoms with Crippen LogP contribution in [0.5, 0.6) is 0 Å². The molecule has 0 saturated carbocycles. The molecule has 162 valence electrons. The number of aromatic nitrogens is 2. The van der Waals surface area contributed by atoms with Crippen molar-refractivity contribution in [1.82, 2.24) is 9.36 Å². The number of furan rings is 1. The average Bonchev–Trinajstić information content (AvgIpc) is 3.31. The minimum absolute atomic E-state index is 0.0776. The van der Waals surface area contributed by atoms with E-state index in [0.29, 0.717) is 22.8 Å². The van der Waals surface area contributed by atoms with E-state index in [9.17, 15) is 14.9 Å². The first-order valence-corrected chi connectivity index (χ1v) is 10.0. The van der Waals surface area contributed by atoms with Crippen molar-refractivity contribution in [2.24, 2.45) is 12.0 Å². The lowest BCUT2D eigenvalue weighted by Crippen LogP contribution is -2.19. The number of rotatable bonds is 5. The monoisotopic (exact) mass is 430 g/mol. The van der Waals surface area contributed by atoms with Gasteiger partial charge >= 0.3 is 0 Å². The van der Waals surface area contributed by atoms with Crippen LogP contribution in [0.2, 0.25) is 0 Å². The van der Waals surface area contributed by atoms with Crippen LogP contribution in [0.25, 0.3) is 17.0 Å². The second-order valence-electron chi connectivity index (χ2n) is 7.58. The number of nitrogens with zero attached hydrogens (tertiary/aromatic N) is 4. The molecule has 0 aliphatic rings. The first-order valence-electron chi connectivity index (χ1n) is 10.0. The molecule has 0 aliphatic heterocycles. The Bertz CT molecular complexity index is 1410. The molecule has 0 radical (unpaired) electrons. The van der Waals surface area contributed by atoms with Crippen LogP contribution in [-0.4, -0.2) is 20.5 Å². The lowest BCUT2D eigenvalue weighted by Gasteiger charge is -2.07. The van der Waals surface area contributed by atoms with Gasteiger partial charge in [-0.15, -0.1) is 0 Å². The van der Waals surface area contributed by atoms with Crippen LogP contribution >= 0.6 is 0 Å². The van der Waals surface area contributed by atoms with E-state index >= 15 is 0 Å². The average molecular weight is 430 g/mol. The summed E-state index contributed by atoms with van der Waals surface area (Å²) < 4.78 is 9.23. The highest BCUT2D eigenvalue weighted by molar-refractivity contribution is 5.80. The van der Waals surface area contributed by atoms with Crippen LogP contribution in [0.4, 0.5) is 11.4 Å². The maximum Gasteiger partial charge on any atom is 0.297 e. The van der Waals surface area contributed by atoms with Crippen LogP contribution < -0.4 is 5.56 Å². The number of hydrogen-bond donors (Lipinski definition) is 0. The van der Waals surface area contributed by atoms with E-state index in [4.69, 9.17) is 4.42 Å². The predicted molar refractivity (Wildman–Crippen MR) is 123 cm³/mol. The third-order valence-corrected chi connectivity index (χ3v) is 5.48. The quantitative estimate of drug-likeness (QED) is 0.252. The van der Waals surface area contributed by atoms with E-state index in [1.54, 1.807) is 47.5 Å². The Morgan fingerprint density at radius 1 is 1.03 bits per heavy atom. The van der Waals surface area contributed by atoms with Gasteiger partial charge in [-0.25, -0.2) is 9.67 Å². The molecular weight excluding hydrogens is 408 g/mol. The smallest absolute Gasteiger partial charge is 0.297 e. The third kappa shape index (κ3) is 3.66. The second-order valence-corrected chi connectivity index (χ2v) is 7.58. The van der Waals surface area contributed by atoms with E-state index in [0.717, 1.165) is 22.5 Å². The zero-order chi connectivity index (χ0) is 23.0. The van der Waals surface area contributed by atoms with Gasteiger partial charge in [-0.05, 0) is 56.7 Å². The van der Waals surface area contributed by atoms with E-state index < -0.39 is 4.92 Å². The minimum Gasteiger partial charge on any atom is -0.455 e. The second kappa shape index (κ2) is 8.14. The number of aliphatic imine (C=N–C) groups is 1. The summed E-state index contributed by atoms with van der Waals surface area (Å²) in [6, 6.07) is 16.2. The van der Waals surface area contributed by atoms with Crippen molar-refractivity contribution in [1.29, 1.82) is 0 Å². The summed E-state index contributed by atoms with van der Waals surface area (Å²) in [6.07, 6.45) is 1.51. The SMILES string of the molecule is Cc1cc([N+](=O)[O-])c(C)cc1-c1ccc(C=Nc2c(C)n(C)n(-c3ccccc3)c2=O)o1. The molecule has 0 fully saturated rings. The van der Waals surface area contributed by atoms with Crippen molar-refractivity contribution in [3.8, 4) is 17.0 Å². The van der Waals surface area contributed by atoms with Gasteiger partial charge in [0.15, 0.2) is 5.69 Å². The Morgan fingerprint density at radius 3 is 2.44 bits per heavy atom. The lowest BCUT2D eigenvalue weighted by molar-refractivity contribution is -0.385. The fraction of sp³-hybridized carbons (Fsp3) is 0.167. The molecule has 0 atom stereocenters. The fourth-order valence-electron chi connectivity index (χ4n) is 3.66. The normalized spacial score (nSPS) is 11.4. The summed E-state index contributed by atoms with van der Waals surface area (Å²) in [7, 11) is 1.81. The van der Waals surface area contributed by atoms with Gasteiger partial charge in [0.1, 0.15) is 11.5 Å². The van der Waals surface area contributed by atoms with Crippen LogP contribution in [0.3, 0.4) is 0 Å². The molecule has 8 nitrogen and oxygen atoms in total. The molecule has 8 heteroatoms. The fourth-order valence-corrected chi connectivity index (χ4v) is 3.66. The summed E-state index contributed by atoms with van der Waals surface area (Å²) in [5.41, 5.74) is 3.74. The predicted octanol–water partition coefficient (Wildman–Crippen LogP) is 5.02. The van der Waals surface area contributed by atoms with Crippen molar-refractivity contribution < 1.29 is 9.34 Å². The molecule has 0 amide bonds. The summed E-state index contributed by atoms with van der Waals surface area (Å²) in [5.74, 6) is 1.05. The molecule has 0 bridgehead atoms. The number of aryl methyl sites for hydroxylation is 2. The largest absolute Gasteiger partial charge is 0.455 e. The number of benzene rings is 2. The Balaban J connectivity index is 1.67. The molecule has 32 heavy (non-hydrogen) atoms. The maximum absolute atomic E-state index is 13.0. The molecule has 4 aromatic rings. The number of para-hydroxylation sites is 1. The molecular formula is C24H22N4O4. The molecule has 0 spiro atoms. The third-order valence-electron chi connectivity index (χ3n) is 5.48. The summed E-state index contributed by atoms with van der Waals surface area (Å²) in [4.78, 5) is 28.1. The molecule has 2 heterocycles. The zero-order valence-corrected chi connectivity index (χ0v) is 18.2. The Labute approximate surface area is 184 Å².